The van der Waals surface area contributed by atoms with Crippen molar-refractivity contribution >= 4 is 5.91 Å². The molecule has 2 heterocycles. The highest BCUT2D eigenvalue weighted by molar-refractivity contribution is 5.92. The van der Waals surface area contributed by atoms with Crippen molar-refractivity contribution in [2.24, 2.45) is 0 Å². The molecule has 0 fully saturated rings. The number of amides is 1. The van der Waals surface area contributed by atoms with Crippen LogP contribution in [-0.2, 0) is 12.7 Å². The summed E-state index contributed by atoms with van der Waals surface area (Å²) in [5.74, 6) is -0.381. The number of aromatic nitrogens is 3. The molecule has 2 aromatic rings. The quantitative estimate of drug-likeness (QED) is 0.930. The second-order valence-corrected chi connectivity index (χ2v) is 3.93. The van der Waals surface area contributed by atoms with Gasteiger partial charge in [0.15, 0.2) is 5.69 Å². The smallest absolute Gasteiger partial charge is 0.349 e. The molecule has 0 aliphatic rings. The number of carbonyl (C=O) groups excluding carboxylic acids is 1. The minimum Gasteiger partial charge on any atom is -0.349 e. The standard InChI is InChI=1S/C12H11F3N4O/c13-12(14,15)10-4-7-19(18-10)8-6-17-11(20)9-3-1-2-5-16-9/h1-5,7H,6,8H2,(H,17,20). The van der Waals surface area contributed by atoms with Gasteiger partial charge in [0, 0.05) is 18.9 Å². The van der Waals surface area contributed by atoms with Crippen LogP contribution in [0.25, 0.3) is 0 Å². The van der Waals surface area contributed by atoms with Crippen LogP contribution >= 0.6 is 0 Å². The lowest BCUT2D eigenvalue weighted by molar-refractivity contribution is -0.141. The van der Waals surface area contributed by atoms with Crippen LogP contribution in [0.3, 0.4) is 0 Å². The summed E-state index contributed by atoms with van der Waals surface area (Å²) in [6.45, 7) is 0.309. The van der Waals surface area contributed by atoms with E-state index >= 15 is 0 Å². The van der Waals surface area contributed by atoms with Crippen LogP contribution < -0.4 is 5.32 Å². The van der Waals surface area contributed by atoms with Crippen molar-refractivity contribution in [2.45, 2.75) is 12.7 Å². The summed E-state index contributed by atoms with van der Waals surface area (Å²) < 4.78 is 38.1. The molecule has 0 bridgehead atoms. The highest BCUT2D eigenvalue weighted by atomic mass is 19.4. The maximum Gasteiger partial charge on any atom is 0.435 e. The second-order valence-electron chi connectivity index (χ2n) is 3.93. The molecule has 5 nitrogen and oxygen atoms in total. The highest BCUT2D eigenvalue weighted by Gasteiger charge is 2.33. The molecule has 1 N–H and O–H groups in total. The highest BCUT2D eigenvalue weighted by Crippen LogP contribution is 2.27. The van der Waals surface area contributed by atoms with Crippen molar-refractivity contribution in [1.29, 1.82) is 0 Å². The van der Waals surface area contributed by atoms with E-state index in [0.717, 1.165) is 10.7 Å². The van der Waals surface area contributed by atoms with Crippen molar-refractivity contribution in [1.82, 2.24) is 20.1 Å². The minimum absolute atomic E-state index is 0.147. The zero-order valence-electron chi connectivity index (χ0n) is 10.3. The Morgan fingerprint density at radius 1 is 1.30 bits per heavy atom. The molecule has 0 radical (unpaired) electrons. The molecule has 0 aliphatic heterocycles. The molecule has 0 atom stereocenters. The number of hydrogen-bond donors (Lipinski definition) is 1. The van der Waals surface area contributed by atoms with E-state index in [2.05, 4.69) is 15.4 Å². The summed E-state index contributed by atoms with van der Waals surface area (Å²) in [7, 11) is 0. The van der Waals surface area contributed by atoms with Gasteiger partial charge in [-0.15, -0.1) is 0 Å². The van der Waals surface area contributed by atoms with Gasteiger partial charge in [-0.05, 0) is 18.2 Å². The van der Waals surface area contributed by atoms with Crippen molar-refractivity contribution in [3.63, 3.8) is 0 Å². The van der Waals surface area contributed by atoms with Gasteiger partial charge in [-0.2, -0.15) is 18.3 Å². The Bertz CT molecular complexity index is 580. The molecule has 20 heavy (non-hydrogen) atoms. The number of carbonyl (C=O) groups is 1. The van der Waals surface area contributed by atoms with Crippen molar-refractivity contribution in [3.05, 3.63) is 48.0 Å². The maximum absolute atomic E-state index is 12.3. The summed E-state index contributed by atoms with van der Waals surface area (Å²) in [6.07, 6.45) is -1.75. The molecule has 1 amide bonds. The summed E-state index contributed by atoms with van der Waals surface area (Å²) >= 11 is 0. The first-order valence-corrected chi connectivity index (χ1v) is 5.77. The molecule has 0 spiro atoms. The summed E-state index contributed by atoms with van der Waals surface area (Å²) in [5, 5.41) is 5.93. The lowest BCUT2D eigenvalue weighted by Crippen LogP contribution is -2.28. The van der Waals surface area contributed by atoms with Gasteiger partial charge >= 0.3 is 6.18 Å². The summed E-state index contributed by atoms with van der Waals surface area (Å²) in [5.41, 5.74) is -0.697. The SMILES string of the molecule is O=C(NCCn1ccc(C(F)(F)F)n1)c1ccccn1. The molecular formula is C12H11F3N4O. The number of nitrogens with one attached hydrogen (secondary N) is 1. The minimum atomic E-state index is -4.46. The summed E-state index contributed by atoms with van der Waals surface area (Å²) in [4.78, 5) is 15.5. The van der Waals surface area contributed by atoms with Gasteiger partial charge < -0.3 is 5.32 Å². The Hall–Kier alpha value is -2.38. The zero-order valence-corrected chi connectivity index (χ0v) is 10.3. The van der Waals surface area contributed by atoms with Crippen molar-refractivity contribution in [3.8, 4) is 0 Å². The molecule has 0 saturated carbocycles. The Morgan fingerprint density at radius 2 is 2.10 bits per heavy atom. The second kappa shape index (κ2) is 5.72. The van der Waals surface area contributed by atoms with Crippen LogP contribution in [-0.4, -0.2) is 27.2 Å². The monoisotopic (exact) mass is 284 g/mol. The maximum atomic E-state index is 12.3. The Balaban J connectivity index is 1.85. The van der Waals surface area contributed by atoms with E-state index in [9.17, 15) is 18.0 Å². The van der Waals surface area contributed by atoms with E-state index in [0.29, 0.717) is 0 Å². The first-order chi connectivity index (χ1) is 9.47. The van der Waals surface area contributed by atoms with Gasteiger partial charge in [0.2, 0.25) is 0 Å². The number of halogens is 3. The number of rotatable bonds is 4. The van der Waals surface area contributed by atoms with Crippen LogP contribution in [0.5, 0.6) is 0 Å². The third-order valence-electron chi connectivity index (χ3n) is 2.46. The van der Waals surface area contributed by atoms with E-state index in [1.54, 1.807) is 18.2 Å². The van der Waals surface area contributed by atoms with Gasteiger partial charge in [0.1, 0.15) is 5.69 Å². The molecule has 2 aromatic heterocycles. The van der Waals surface area contributed by atoms with Gasteiger partial charge in [-0.3, -0.25) is 14.5 Å². The van der Waals surface area contributed by atoms with Crippen LogP contribution in [0, 0.1) is 0 Å². The van der Waals surface area contributed by atoms with Crippen LogP contribution in [0.4, 0.5) is 13.2 Å². The molecule has 8 heteroatoms. The summed E-state index contributed by atoms with van der Waals surface area (Å²) in [6, 6.07) is 5.79. The first kappa shape index (κ1) is 14.0. The third-order valence-corrected chi connectivity index (χ3v) is 2.46. The van der Waals surface area contributed by atoms with Crippen molar-refractivity contribution < 1.29 is 18.0 Å². The number of hydrogen-bond acceptors (Lipinski definition) is 3. The first-order valence-electron chi connectivity index (χ1n) is 5.77. The molecule has 0 aromatic carbocycles. The van der Waals surface area contributed by atoms with E-state index < -0.39 is 11.9 Å². The van der Waals surface area contributed by atoms with Crippen LogP contribution in [0.2, 0.25) is 0 Å². The van der Waals surface area contributed by atoms with Crippen LogP contribution in [0.15, 0.2) is 36.7 Å². The molecule has 0 aliphatic carbocycles. The molecule has 2 rings (SSSR count). The van der Waals surface area contributed by atoms with E-state index in [1.165, 1.54) is 12.4 Å². The lowest BCUT2D eigenvalue weighted by Gasteiger charge is -2.05. The average Bonchev–Trinajstić information content (AvgIpc) is 2.88. The van der Waals surface area contributed by atoms with Gasteiger partial charge in [-0.1, -0.05) is 6.07 Å². The Labute approximate surface area is 112 Å². The normalized spacial score (nSPS) is 11.3. The number of alkyl halides is 3. The van der Waals surface area contributed by atoms with E-state index in [-0.39, 0.29) is 24.7 Å². The van der Waals surface area contributed by atoms with Gasteiger partial charge in [0.05, 0.1) is 6.54 Å². The van der Waals surface area contributed by atoms with Crippen molar-refractivity contribution in [2.75, 3.05) is 6.54 Å². The molecule has 0 saturated heterocycles. The fourth-order valence-electron chi connectivity index (χ4n) is 1.51. The fraction of sp³-hybridized carbons (Fsp3) is 0.250. The Morgan fingerprint density at radius 3 is 2.70 bits per heavy atom. The van der Waals surface area contributed by atoms with Gasteiger partial charge in [-0.25, -0.2) is 0 Å². The molecular weight excluding hydrogens is 273 g/mol. The predicted molar refractivity (Wildman–Crippen MR) is 63.8 cm³/mol. The fourth-order valence-corrected chi connectivity index (χ4v) is 1.51. The Kier molecular flexibility index (Phi) is 4.02. The zero-order chi connectivity index (χ0) is 14.6. The van der Waals surface area contributed by atoms with Gasteiger partial charge in [0.25, 0.3) is 5.91 Å². The number of pyridine rings is 1. The third kappa shape index (κ3) is 3.56. The van der Waals surface area contributed by atoms with E-state index in [4.69, 9.17) is 0 Å². The lowest BCUT2D eigenvalue weighted by atomic mass is 10.3. The largest absolute Gasteiger partial charge is 0.435 e. The van der Waals surface area contributed by atoms with E-state index in [1.807, 2.05) is 0 Å². The topological polar surface area (TPSA) is 59.8 Å². The molecule has 0 unspecified atom stereocenters. The predicted octanol–water partition coefficient (Wildman–Crippen LogP) is 1.73. The van der Waals surface area contributed by atoms with Crippen LogP contribution in [0.1, 0.15) is 16.2 Å². The molecule has 106 valence electrons. The average molecular weight is 284 g/mol. The number of nitrogens with zero attached hydrogens (tertiary/aromatic N) is 3.